The molecule has 0 aromatic heterocycles. The summed E-state index contributed by atoms with van der Waals surface area (Å²) < 4.78 is 43.4. The molecule has 106 valence electrons. The predicted octanol–water partition coefficient (Wildman–Crippen LogP) is 4.75. The maximum atomic E-state index is 12.4. The third-order valence-corrected chi connectivity index (χ3v) is 3.38. The third-order valence-electron chi connectivity index (χ3n) is 2.60. The van der Waals surface area contributed by atoms with E-state index in [1.807, 2.05) is 0 Å². The van der Waals surface area contributed by atoms with Crippen molar-refractivity contribution in [1.82, 2.24) is 0 Å². The Bertz CT molecular complexity index is 594. The molecule has 0 saturated carbocycles. The van der Waals surface area contributed by atoms with Gasteiger partial charge in [0.1, 0.15) is 11.5 Å². The van der Waals surface area contributed by atoms with Crippen LogP contribution in [0, 0.1) is 0 Å². The highest BCUT2D eigenvalue weighted by molar-refractivity contribution is 9.10. The van der Waals surface area contributed by atoms with Crippen LogP contribution >= 0.6 is 15.9 Å². The van der Waals surface area contributed by atoms with Crippen molar-refractivity contribution in [2.75, 3.05) is 0 Å². The molecule has 2 aromatic rings. The molecule has 0 fully saturated rings. The Morgan fingerprint density at radius 3 is 2.15 bits per heavy atom. The number of rotatable bonds is 3. The van der Waals surface area contributed by atoms with Crippen LogP contribution in [0.1, 0.15) is 11.1 Å². The lowest BCUT2D eigenvalue weighted by Gasteiger charge is -2.10. The first-order valence-corrected chi connectivity index (χ1v) is 6.44. The summed E-state index contributed by atoms with van der Waals surface area (Å²) in [6, 6.07) is 9.39. The second-order valence-corrected chi connectivity index (χ2v) is 4.89. The van der Waals surface area contributed by atoms with Gasteiger partial charge in [0.2, 0.25) is 0 Å². The van der Waals surface area contributed by atoms with Crippen molar-refractivity contribution in [3.05, 3.63) is 58.1 Å². The third kappa shape index (κ3) is 3.52. The molecular formula is C14H10BrF3O2. The molecule has 2 aromatic carbocycles. The zero-order valence-electron chi connectivity index (χ0n) is 10.1. The molecule has 20 heavy (non-hydrogen) atoms. The Morgan fingerprint density at radius 1 is 1.00 bits per heavy atom. The quantitative estimate of drug-likeness (QED) is 0.868. The Hall–Kier alpha value is -1.53. The molecule has 2 rings (SSSR count). The van der Waals surface area contributed by atoms with Crippen molar-refractivity contribution < 1.29 is 23.0 Å². The average Bonchev–Trinajstić information content (AvgIpc) is 2.40. The van der Waals surface area contributed by atoms with E-state index in [-0.39, 0.29) is 6.61 Å². The molecule has 0 spiro atoms. The van der Waals surface area contributed by atoms with Crippen molar-refractivity contribution in [2.24, 2.45) is 0 Å². The predicted molar refractivity (Wildman–Crippen MR) is 71.6 cm³/mol. The van der Waals surface area contributed by atoms with Gasteiger partial charge in [0.05, 0.1) is 12.2 Å². The second kappa shape index (κ2) is 5.85. The summed E-state index contributed by atoms with van der Waals surface area (Å²) in [5.74, 6) is 0.737. The molecule has 0 heterocycles. The number of hydrogen-bond acceptors (Lipinski definition) is 2. The number of halogens is 4. The van der Waals surface area contributed by atoms with Crippen LogP contribution in [0.25, 0.3) is 0 Å². The van der Waals surface area contributed by atoms with E-state index in [1.54, 1.807) is 18.2 Å². The lowest BCUT2D eigenvalue weighted by Crippen LogP contribution is -2.04. The molecule has 0 saturated heterocycles. The summed E-state index contributed by atoms with van der Waals surface area (Å²) in [7, 11) is 0. The number of alkyl halides is 3. The van der Waals surface area contributed by atoms with Crippen LogP contribution in [0.3, 0.4) is 0 Å². The number of aliphatic hydroxyl groups excluding tert-OH is 1. The van der Waals surface area contributed by atoms with E-state index in [0.29, 0.717) is 17.1 Å². The standard InChI is InChI=1S/C14H10BrF3O2/c15-13-6-5-12(7-9(13)8-19)20-11-3-1-10(2-4-11)14(16,17)18/h1-7,19H,8H2. The number of aliphatic hydroxyl groups is 1. The summed E-state index contributed by atoms with van der Waals surface area (Å²) in [5.41, 5.74) is -0.0916. The largest absolute Gasteiger partial charge is 0.457 e. The molecule has 0 radical (unpaired) electrons. The van der Waals surface area contributed by atoms with Gasteiger partial charge in [-0.05, 0) is 48.0 Å². The average molecular weight is 347 g/mol. The first kappa shape index (κ1) is 14.9. The van der Waals surface area contributed by atoms with E-state index < -0.39 is 11.7 Å². The van der Waals surface area contributed by atoms with Crippen LogP contribution < -0.4 is 4.74 Å². The lowest BCUT2D eigenvalue weighted by atomic mass is 10.2. The molecule has 0 unspecified atom stereocenters. The molecule has 0 amide bonds. The molecule has 0 aliphatic heterocycles. The molecule has 0 aliphatic carbocycles. The van der Waals surface area contributed by atoms with Crippen molar-refractivity contribution in [2.45, 2.75) is 12.8 Å². The first-order chi connectivity index (χ1) is 9.40. The summed E-state index contributed by atoms with van der Waals surface area (Å²) in [5, 5.41) is 9.12. The number of benzene rings is 2. The van der Waals surface area contributed by atoms with Crippen LogP contribution in [0.5, 0.6) is 11.5 Å². The highest BCUT2D eigenvalue weighted by Gasteiger charge is 2.30. The lowest BCUT2D eigenvalue weighted by molar-refractivity contribution is -0.137. The second-order valence-electron chi connectivity index (χ2n) is 4.04. The van der Waals surface area contributed by atoms with Gasteiger partial charge in [-0.3, -0.25) is 0 Å². The van der Waals surface area contributed by atoms with Crippen LogP contribution in [-0.4, -0.2) is 5.11 Å². The number of ether oxygens (including phenoxy) is 1. The maximum Gasteiger partial charge on any atom is 0.416 e. The van der Waals surface area contributed by atoms with E-state index in [4.69, 9.17) is 9.84 Å². The highest BCUT2D eigenvalue weighted by Crippen LogP contribution is 2.32. The fraction of sp³-hybridized carbons (Fsp3) is 0.143. The first-order valence-electron chi connectivity index (χ1n) is 5.64. The SMILES string of the molecule is OCc1cc(Oc2ccc(C(F)(F)F)cc2)ccc1Br. The van der Waals surface area contributed by atoms with Crippen LogP contribution in [-0.2, 0) is 12.8 Å². The minimum Gasteiger partial charge on any atom is -0.457 e. The molecule has 6 heteroatoms. The van der Waals surface area contributed by atoms with E-state index >= 15 is 0 Å². The number of hydrogen-bond donors (Lipinski definition) is 1. The minimum absolute atomic E-state index is 0.162. The summed E-state index contributed by atoms with van der Waals surface area (Å²) in [4.78, 5) is 0. The van der Waals surface area contributed by atoms with Crippen LogP contribution in [0.15, 0.2) is 46.9 Å². The van der Waals surface area contributed by atoms with E-state index in [9.17, 15) is 13.2 Å². The topological polar surface area (TPSA) is 29.5 Å². The fourth-order valence-corrected chi connectivity index (χ4v) is 1.96. The van der Waals surface area contributed by atoms with Crippen LogP contribution in [0.2, 0.25) is 0 Å². The normalized spacial score (nSPS) is 11.4. The smallest absolute Gasteiger partial charge is 0.416 e. The molecule has 0 aliphatic rings. The van der Waals surface area contributed by atoms with E-state index in [1.165, 1.54) is 12.1 Å². The zero-order valence-corrected chi connectivity index (χ0v) is 11.7. The minimum atomic E-state index is -4.36. The van der Waals surface area contributed by atoms with E-state index in [2.05, 4.69) is 15.9 Å². The van der Waals surface area contributed by atoms with Gasteiger partial charge in [-0.25, -0.2) is 0 Å². The van der Waals surface area contributed by atoms with Crippen molar-refractivity contribution >= 4 is 15.9 Å². The Morgan fingerprint density at radius 2 is 1.60 bits per heavy atom. The van der Waals surface area contributed by atoms with Crippen molar-refractivity contribution in [3.8, 4) is 11.5 Å². The zero-order chi connectivity index (χ0) is 14.8. The molecule has 0 bridgehead atoms. The molecular weight excluding hydrogens is 337 g/mol. The monoisotopic (exact) mass is 346 g/mol. The van der Waals surface area contributed by atoms with Gasteiger partial charge in [0.25, 0.3) is 0 Å². The van der Waals surface area contributed by atoms with Gasteiger partial charge in [0, 0.05) is 4.47 Å². The van der Waals surface area contributed by atoms with Crippen molar-refractivity contribution in [3.63, 3.8) is 0 Å². The Labute approximate surface area is 121 Å². The molecule has 2 nitrogen and oxygen atoms in total. The van der Waals surface area contributed by atoms with Crippen molar-refractivity contribution in [1.29, 1.82) is 0 Å². The summed E-state index contributed by atoms with van der Waals surface area (Å²) in [6.45, 7) is -0.162. The fourth-order valence-electron chi connectivity index (χ4n) is 1.58. The van der Waals surface area contributed by atoms with Gasteiger partial charge < -0.3 is 9.84 Å². The maximum absolute atomic E-state index is 12.4. The van der Waals surface area contributed by atoms with Gasteiger partial charge >= 0.3 is 6.18 Å². The van der Waals surface area contributed by atoms with Gasteiger partial charge in [-0.1, -0.05) is 15.9 Å². The summed E-state index contributed by atoms with van der Waals surface area (Å²) >= 11 is 3.27. The van der Waals surface area contributed by atoms with Gasteiger partial charge in [0.15, 0.2) is 0 Å². The molecule has 1 N–H and O–H groups in total. The molecule has 0 atom stereocenters. The van der Waals surface area contributed by atoms with Gasteiger partial charge in [-0.2, -0.15) is 13.2 Å². The summed E-state index contributed by atoms with van der Waals surface area (Å²) in [6.07, 6.45) is -4.36. The Kier molecular flexibility index (Phi) is 4.35. The van der Waals surface area contributed by atoms with E-state index in [0.717, 1.165) is 16.6 Å². The Balaban J connectivity index is 2.18. The highest BCUT2D eigenvalue weighted by atomic mass is 79.9. The van der Waals surface area contributed by atoms with Crippen LogP contribution in [0.4, 0.5) is 13.2 Å². The van der Waals surface area contributed by atoms with Gasteiger partial charge in [-0.15, -0.1) is 0 Å².